The third kappa shape index (κ3) is 6.80. The van der Waals surface area contributed by atoms with Gasteiger partial charge in [0.2, 0.25) is 5.91 Å². The van der Waals surface area contributed by atoms with Crippen molar-refractivity contribution >= 4 is 29.4 Å². The Morgan fingerprint density at radius 1 is 0.932 bits per heavy atom. The number of carbonyl (C=O) groups excluding carboxylic acids is 3. The number of unbranched alkanes of at least 4 members (excludes halogenated alkanes) is 2. The fraction of sp³-hybridized carbons (Fsp3) is 0.324. The lowest BCUT2D eigenvalue weighted by molar-refractivity contribution is -0.119. The van der Waals surface area contributed by atoms with Crippen LogP contribution in [-0.2, 0) is 4.79 Å². The molecule has 0 aliphatic carbocycles. The molecule has 230 valence electrons. The van der Waals surface area contributed by atoms with Crippen molar-refractivity contribution in [2.24, 2.45) is 0 Å². The lowest BCUT2D eigenvalue weighted by Crippen LogP contribution is -2.40. The van der Waals surface area contributed by atoms with Crippen LogP contribution in [-0.4, -0.2) is 67.6 Å². The summed E-state index contributed by atoms with van der Waals surface area (Å²) in [6, 6.07) is 14.7. The monoisotopic (exact) mass is 600 g/mol. The lowest BCUT2D eigenvalue weighted by atomic mass is 10.1. The fourth-order valence-electron chi connectivity index (χ4n) is 5.36. The molecule has 0 unspecified atom stereocenters. The number of allylic oxidation sites excluding steroid dienone is 1. The topological polar surface area (TPSA) is 124 Å². The number of carbonyl (C=O) groups is 3. The molecular weight excluding hydrogens is 564 g/mol. The molecule has 44 heavy (non-hydrogen) atoms. The maximum absolute atomic E-state index is 13.1. The van der Waals surface area contributed by atoms with Gasteiger partial charge in [0, 0.05) is 12.6 Å². The Labute approximate surface area is 256 Å². The SMILES string of the molecule is COc1cc(/C=C/C(=O)c2ccccc2O)ccc1OCCCCCOc1cc2c(cc1OC)C(=O)N1CCC[C@H]1C(=O)N2. The van der Waals surface area contributed by atoms with Gasteiger partial charge >= 0.3 is 0 Å². The van der Waals surface area contributed by atoms with Gasteiger partial charge in [0.1, 0.15) is 11.8 Å². The van der Waals surface area contributed by atoms with E-state index in [9.17, 15) is 19.5 Å². The van der Waals surface area contributed by atoms with Crippen molar-refractivity contribution in [3.63, 3.8) is 0 Å². The van der Waals surface area contributed by atoms with Gasteiger partial charge < -0.3 is 34.3 Å². The van der Waals surface area contributed by atoms with Gasteiger partial charge in [-0.1, -0.05) is 24.3 Å². The fourth-order valence-corrected chi connectivity index (χ4v) is 5.36. The normalized spacial score (nSPS) is 15.8. The number of rotatable bonds is 13. The van der Waals surface area contributed by atoms with Crippen molar-refractivity contribution in [2.75, 3.05) is 39.3 Å². The average Bonchev–Trinajstić information content (AvgIpc) is 3.51. The Balaban J connectivity index is 1.09. The first-order valence-corrected chi connectivity index (χ1v) is 14.7. The predicted molar refractivity (Wildman–Crippen MR) is 165 cm³/mol. The van der Waals surface area contributed by atoms with Crippen LogP contribution in [0.3, 0.4) is 0 Å². The lowest BCUT2D eigenvalue weighted by Gasteiger charge is -2.20. The number of phenols is 1. The minimum atomic E-state index is -0.436. The van der Waals surface area contributed by atoms with E-state index in [4.69, 9.17) is 18.9 Å². The van der Waals surface area contributed by atoms with Gasteiger partial charge in [0.05, 0.1) is 44.2 Å². The van der Waals surface area contributed by atoms with Gasteiger partial charge in [-0.3, -0.25) is 14.4 Å². The maximum Gasteiger partial charge on any atom is 0.256 e. The van der Waals surface area contributed by atoms with Crippen LogP contribution in [0, 0.1) is 0 Å². The minimum absolute atomic E-state index is 0.0586. The molecule has 2 N–H and O–H groups in total. The number of fused-ring (bicyclic) bond motifs is 2. The van der Waals surface area contributed by atoms with E-state index >= 15 is 0 Å². The van der Waals surface area contributed by atoms with E-state index in [2.05, 4.69) is 5.32 Å². The van der Waals surface area contributed by atoms with E-state index in [1.54, 1.807) is 60.6 Å². The highest BCUT2D eigenvalue weighted by Gasteiger charge is 2.39. The van der Waals surface area contributed by atoms with Crippen molar-refractivity contribution in [1.82, 2.24) is 4.90 Å². The highest BCUT2D eigenvalue weighted by molar-refractivity contribution is 6.11. The molecule has 0 saturated carbocycles. The van der Waals surface area contributed by atoms with Gasteiger partial charge in [-0.2, -0.15) is 0 Å². The van der Waals surface area contributed by atoms with E-state index < -0.39 is 6.04 Å². The van der Waals surface area contributed by atoms with Gasteiger partial charge in [-0.15, -0.1) is 0 Å². The van der Waals surface area contributed by atoms with Crippen LogP contribution >= 0.6 is 0 Å². The molecule has 2 heterocycles. The first-order valence-electron chi connectivity index (χ1n) is 14.7. The molecule has 0 radical (unpaired) electrons. The number of ether oxygens (including phenoxy) is 4. The molecule has 10 heteroatoms. The Morgan fingerprint density at radius 3 is 2.41 bits per heavy atom. The number of nitrogens with one attached hydrogen (secondary N) is 1. The molecule has 0 spiro atoms. The van der Waals surface area contributed by atoms with E-state index in [-0.39, 0.29) is 28.9 Å². The summed E-state index contributed by atoms with van der Waals surface area (Å²) < 4.78 is 22.9. The molecule has 2 amide bonds. The van der Waals surface area contributed by atoms with Crippen LogP contribution in [0.1, 0.15) is 58.4 Å². The predicted octanol–water partition coefficient (Wildman–Crippen LogP) is 5.49. The second-order valence-electron chi connectivity index (χ2n) is 10.6. The van der Waals surface area contributed by atoms with Crippen molar-refractivity contribution in [3.05, 3.63) is 77.4 Å². The summed E-state index contributed by atoms with van der Waals surface area (Å²) in [7, 11) is 3.08. The summed E-state index contributed by atoms with van der Waals surface area (Å²) in [5.41, 5.74) is 1.84. The van der Waals surface area contributed by atoms with Crippen LogP contribution in [0.25, 0.3) is 6.08 Å². The number of para-hydroxylation sites is 1. The van der Waals surface area contributed by atoms with Crippen LogP contribution in [0.4, 0.5) is 5.69 Å². The van der Waals surface area contributed by atoms with Crippen molar-refractivity contribution in [1.29, 1.82) is 0 Å². The highest BCUT2D eigenvalue weighted by Crippen LogP contribution is 2.37. The molecule has 10 nitrogen and oxygen atoms in total. The first-order chi connectivity index (χ1) is 21.4. The summed E-state index contributed by atoms with van der Waals surface area (Å²) in [5.74, 6) is 1.36. The van der Waals surface area contributed by atoms with Gasteiger partial charge in [0.15, 0.2) is 28.8 Å². The molecule has 5 rings (SSSR count). The summed E-state index contributed by atoms with van der Waals surface area (Å²) in [6.07, 6.45) is 6.93. The molecule has 1 fully saturated rings. The molecular formula is C34H36N2O8. The van der Waals surface area contributed by atoms with Crippen LogP contribution in [0.15, 0.2) is 60.7 Å². The van der Waals surface area contributed by atoms with E-state index in [0.29, 0.717) is 60.4 Å². The molecule has 1 saturated heterocycles. The molecule has 0 aromatic heterocycles. The average molecular weight is 601 g/mol. The number of nitrogens with zero attached hydrogens (tertiary/aromatic N) is 1. The zero-order chi connectivity index (χ0) is 31.1. The third-order valence-corrected chi connectivity index (χ3v) is 7.70. The van der Waals surface area contributed by atoms with Crippen molar-refractivity contribution < 1.29 is 38.4 Å². The summed E-state index contributed by atoms with van der Waals surface area (Å²) in [6.45, 7) is 1.47. The number of aromatic hydroxyl groups is 1. The Bertz CT molecular complexity index is 1570. The number of hydrogen-bond acceptors (Lipinski definition) is 8. The molecule has 0 bridgehead atoms. The van der Waals surface area contributed by atoms with E-state index in [1.807, 2.05) is 6.07 Å². The number of methoxy groups -OCH3 is 2. The number of benzene rings is 3. The van der Waals surface area contributed by atoms with Crippen molar-refractivity contribution in [2.45, 2.75) is 38.1 Å². The molecule has 2 aliphatic heterocycles. The zero-order valence-electron chi connectivity index (χ0n) is 24.8. The number of phenolic OH excluding ortho intramolecular Hbond substituents is 1. The third-order valence-electron chi connectivity index (χ3n) is 7.70. The Hall–Kier alpha value is -4.99. The molecule has 3 aromatic carbocycles. The standard InChI is InChI=1S/C34H36N2O8/c1-41-30-19-22(12-14-28(38)23-9-4-5-11-27(23)37)13-15-29(30)43-17-6-3-7-18-44-32-21-25-24(20-31(32)42-2)34(40)36-16-8-10-26(36)33(39)35-25/h4-5,9,11-15,19-21,26,37H,3,6-8,10,16-18H2,1-2H3,(H,35,39)/b14-12+/t26-/m0/s1. The highest BCUT2D eigenvalue weighted by atomic mass is 16.5. The molecule has 3 aromatic rings. The maximum atomic E-state index is 13.1. The molecule has 1 atom stereocenters. The molecule has 2 aliphatic rings. The van der Waals surface area contributed by atoms with Gasteiger partial charge in [-0.25, -0.2) is 0 Å². The Kier molecular flexibility index (Phi) is 9.69. The van der Waals surface area contributed by atoms with Crippen LogP contribution in [0.2, 0.25) is 0 Å². The van der Waals surface area contributed by atoms with Crippen LogP contribution in [0.5, 0.6) is 28.7 Å². The Morgan fingerprint density at radius 2 is 1.66 bits per heavy atom. The van der Waals surface area contributed by atoms with E-state index in [0.717, 1.165) is 31.2 Å². The second kappa shape index (κ2) is 14.0. The largest absolute Gasteiger partial charge is 0.507 e. The summed E-state index contributed by atoms with van der Waals surface area (Å²) in [4.78, 5) is 39.8. The zero-order valence-corrected chi connectivity index (χ0v) is 24.8. The number of anilines is 1. The van der Waals surface area contributed by atoms with Gasteiger partial charge in [0.25, 0.3) is 5.91 Å². The summed E-state index contributed by atoms with van der Waals surface area (Å²) >= 11 is 0. The number of hydrogen-bond donors (Lipinski definition) is 2. The minimum Gasteiger partial charge on any atom is -0.507 e. The number of ketones is 1. The first kappa shape index (κ1) is 30.5. The smallest absolute Gasteiger partial charge is 0.256 e. The quantitative estimate of drug-likeness (QED) is 0.150. The van der Waals surface area contributed by atoms with Crippen molar-refractivity contribution in [3.8, 4) is 28.7 Å². The second-order valence-corrected chi connectivity index (χ2v) is 10.6. The summed E-state index contributed by atoms with van der Waals surface area (Å²) in [5, 5.41) is 12.8. The van der Waals surface area contributed by atoms with Gasteiger partial charge in [-0.05, 0) is 74.1 Å². The van der Waals surface area contributed by atoms with Crippen LogP contribution < -0.4 is 24.3 Å². The van der Waals surface area contributed by atoms with E-state index in [1.165, 1.54) is 19.3 Å². The number of amides is 2.